The molecule has 0 aliphatic rings. The van der Waals surface area contributed by atoms with Crippen LogP contribution >= 0.6 is 0 Å². The van der Waals surface area contributed by atoms with Gasteiger partial charge in [-0.1, -0.05) is 19.9 Å². The van der Waals surface area contributed by atoms with E-state index in [1.165, 1.54) is 12.5 Å². The molecule has 134 valence electrons. The minimum absolute atomic E-state index is 0.282. The number of benzene rings is 1. The molecule has 0 radical (unpaired) electrons. The summed E-state index contributed by atoms with van der Waals surface area (Å²) in [6.07, 6.45) is 2.27. The highest BCUT2D eigenvalue weighted by Crippen LogP contribution is 2.08. The molecule has 0 aliphatic heterocycles. The maximum absolute atomic E-state index is 13.5. The first-order valence-electron chi connectivity index (χ1n) is 8.43. The number of aryl methyl sites for hydroxylation is 1. The van der Waals surface area contributed by atoms with Crippen LogP contribution in [0.15, 0.2) is 23.2 Å². The predicted molar refractivity (Wildman–Crippen MR) is 96.9 cm³/mol. The minimum atomic E-state index is -0.369. The van der Waals surface area contributed by atoms with Gasteiger partial charge in [-0.25, -0.2) is 4.39 Å². The van der Waals surface area contributed by atoms with Crippen molar-refractivity contribution in [1.82, 2.24) is 16.0 Å². The Bertz CT molecular complexity index is 558. The maximum atomic E-state index is 13.5. The van der Waals surface area contributed by atoms with Gasteiger partial charge in [-0.15, -0.1) is 0 Å². The molecule has 0 bridgehead atoms. The molecule has 1 rings (SSSR count). The highest BCUT2D eigenvalue weighted by atomic mass is 19.1. The largest absolute Gasteiger partial charge is 0.356 e. The molecule has 0 aliphatic carbocycles. The number of carbonyl (C=O) groups excluding carboxylic acids is 1. The second-order valence-corrected chi connectivity index (χ2v) is 6.18. The first kappa shape index (κ1) is 19.9. The quantitative estimate of drug-likeness (QED) is 0.388. The molecule has 1 aromatic carbocycles. The number of hydrogen-bond acceptors (Lipinski definition) is 2. The first-order valence-corrected chi connectivity index (χ1v) is 8.43. The molecule has 0 fully saturated rings. The molecule has 0 aromatic heterocycles. The van der Waals surface area contributed by atoms with Gasteiger partial charge in [0.2, 0.25) is 0 Å². The van der Waals surface area contributed by atoms with Crippen LogP contribution in [0, 0.1) is 18.7 Å². The summed E-state index contributed by atoms with van der Waals surface area (Å²) < 4.78 is 13.5. The van der Waals surface area contributed by atoms with E-state index in [9.17, 15) is 9.18 Å². The molecule has 5 nitrogen and oxygen atoms in total. The topological polar surface area (TPSA) is 65.5 Å². The fourth-order valence-corrected chi connectivity index (χ4v) is 2.13. The van der Waals surface area contributed by atoms with Crippen LogP contribution in [-0.2, 0) is 0 Å². The third kappa shape index (κ3) is 7.44. The van der Waals surface area contributed by atoms with Gasteiger partial charge in [-0.3, -0.25) is 9.79 Å². The van der Waals surface area contributed by atoms with E-state index in [2.05, 4.69) is 34.8 Å². The average Bonchev–Trinajstić information content (AvgIpc) is 2.55. The third-order valence-corrected chi connectivity index (χ3v) is 3.61. The molecule has 3 N–H and O–H groups in total. The molecule has 0 spiro atoms. The number of nitrogens with zero attached hydrogens (tertiary/aromatic N) is 1. The van der Waals surface area contributed by atoms with Crippen molar-refractivity contribution in [1.29, 1.82) is 0 Å². The Morgan fingerprint density at radius 2 is 1.83 bits per heavy atom. The molecule has 1 aromatic rings. The van der Waals surface area contributed by atoms with Crippen LogP contribution in [-0.4, -0.2) is 38.5 Å². The Labute approximate surface area is 144 Å². The molecule has 0 saturated carbocycles. The van der Waals surface area contributed by atoms with Gasteiger partial charge in [0.25, 0.3) is 5.91 Å². The Kier molecular flexibility index (Phi) is 8.83. The van der Waals surface area contributed by atoms with Gasteiger partial charge >= 0.3 is 0 Å². The highest BCUT2D eigenvalue weighted by Gasteiger charge is 2.07. The van der Waals surface area contributed by atoms with E-state index >= 15 is 0 Å². The summed E-state index contributed by atoms with van der Waals surface area (Å²) in [4.78, 5) is 16.1. The van der Waals surface area contributed by atoms with Crippen molar-refractivity contribution in [2.45, 2.75) is 33.6 Å². The van der Waals surface area contributed by atoms with E-state index in [4.69, 9.17) is 0 Å². The molecule has 0 saturated heterocycles. The number of rotatable bonds is 8. The molecule has 0 atom stereocenters. The molecular weight excluding hydrogens is 307 g/mol. The smallest absolute Gasteiger partial charge is 0.251 e. The number of amides is 1. The standard InChI is InChI=1S/C18H29FN4O/c1-13(2)6-5-9-22-18(20-4)23-11-10-21-17(24)15-8-7-14(3)16(19)12-15/h7-8,12-13H,5-6,9-11H2,1-4H3,(H,21,24)(H2,20,22,23). The average molecular weight is 336 g/mol. The second kappa shape index (κ2) is 10.6. The van der Waals surface area contributed by atoms with Crippen molar-refractivity contribution in [3.63, 3.8) is 0 Å². The summed E-state index contributed by atoms with van der Waals surface area (Å²) in [5, 5.41) is 9.13. The monoisotopic (exact) mass is 336 g/mol. The molecule has 1 amide bonds. The Hall–Kier alpha value is -2.11. The van der Waals surface area contributed by atoms with Crippen LogP contribution in [0.4, 0.5) is 4.39 Å². The molecular formula is C18H29FN4O. The summed E-state index contributed by atoms with van der Waals surface area (Å²) in [6, 6.07) is 4.48. The third-order valence-electron chi connectivity index (χ3n) is 3.61. The lowest BCUT2D eigenvalue weighted by atomic mass is 10.1. The van der Waals surface area contributed by atoms with Crippen LogP contribution in [0.1, 0.15) is 42.6 Å². The van der Waals surface area contributed by atoms with E-state index in [0.717, 1.165) is 18.9 Å². The van der Waals surface area contributed by atoms with Gasteiger partial charge in [-0.2, -0.15) is 0 Å². The predicted octanol–water partition coefficient (Wildman–Crippen LogP) is 2.47. The van der Waals surface area contributed by atoms with E-state index < -0.39 is 0 Å². The normalized spacial score (nSPS) is 11.5. The first-order chi connectivity index (χ1) is 11.4. The van der Waals surface area contributed by atoms with E-state index in [1.807, 2.05) is 0 Å². The van der Waals surface area contributed by atoms with Gasteiger partial charge in [0, 0.05) is 32.2 Å². The number of carbonyl (C=O) groups is 1. The summed E-state index contributed by atoms with van der Waals surface area (Å²) in [7, 11) is 1.71. The Balaban J connectivity index is 2.26. The molecule has 0 heterocycles. The zero-order valence-electron chi connectivity index (χ0n) is 15.1. The zero-order chi connectivity index (χ0) is 17.9. The van der Waals surface area contributed by atoms with E-state index in [1.54, 1.807) is 26.1 Å². The molecule has 24 heavy (non-hydrogen) atoms. The van der Waals surface area contributed by atoms with Crippen LogP contribution in [0.25, 0.3) is 0 Å². The second-order valence-electron chi connectivity index (χ2n) is 6.18. The Morgan fingerprint density at radius 3 is 2.46 bits per heavy atom. The fraction of sp³-hybridized carbons (Fsp3) is 0.556. The summed E-state index contributed by atoms with van der Waals surface area (Å²) in [5.41, 5.74) is 0.856. The summed E-state index contributed by atoms with van der Waals surface area (Å²) in [6.45, 7) is 7.92. The number of hydrogen-bond donors (Lipinski definition) is 3. The number of halogens is 1. The molecule has 0 unspecified atom stereocenters. The zero-order valence-corrected chi connectivity index (χ0v) is 15.1. The van der Waals surface area contributed by atoms with Crippen LogP contribution in [0.2, 0.25) is 0 Å². The fourth-order valence-electron chi connectivity index (χ4n) is 2.13. The van der Waals surface area contributed by atoms with Crippen molar-refractivity contribution in [2.24, 2.45) is 10.9 Å². The lowest BCUT2D eigenvalue weighted by Gasteiger charge is -2.13. The van der Waals surface area contributed by atoms with Gasteiger partial charge in [0.1, 0.15) is 5.82 Å². The van der Waals surface area contributed by atoms with Crippen molar-refractivity contribution in [3.05, 3.63) is 35.1 Å². The number of aliphatic imine (C=N–C) groups is 1. The summed E-state index contributed by atoms with van der Waals surface area (Å²) >= 11 is 0. The van der Waals surface area contributed by atoms with Crippen molar-refractivity contribution >= 4 is 11.9 Å². The van der Waals surface area contributed by atoms with Crippen LogP contribution in [0.3, 0.4) is 0 Å². The maximum Gasteiger partial charge on any atom is 0.251 e. The highest BCUT2D eigenvalue weighted by molar-refractivity contribution is 5.94. The van der Waals surface area contributed by atoms with Crippen LogP contribution < -0.4 is 16.0 Å². The Morgan fingerprint density at radius 1 is 1.17 bits per heavy atom. The van der Waals surface area contributed by atoms with Gasteiger partial charge < -0.3 is 16.0 Å². The number of guanidine groups is 1. The summed E-state index contributed by atoms with van der Waals surface area (Å²) in [5.74, 6) is 0.764. The van der Waals surface area contributed by atoms with Gasteiger partial charge in [-0.05, 0) is 43.4 Å². The lowest BCUT2D eigenvalue weighted by Crippen LogP contribution is -2.41. The lowest BCUT2D eigenvalue weighted by molar-refractivity contribution is 0.0954. The number of nitrogens with one attached hydrogen (secondary N) is 3. The van der Waals surface area contributed by atoms with Crippen molar-refractivity contribution in [3.8, 4) is 0 Å². The van der Waals surface area contributed by atoms with Crippen LogP contribution in [0.5, 0.6) is 0 Å². The van der Waals surface area contributed by atoms with Crippen molar-refractivity contribution in [2.75, 3.05) is 26.7 Å². The minimum Gasteiger partial charge on any atom is -0.356 e. The van der Waals surface area contributed by atoms with Gasteiger partial charge in [0.05, 0.1) is 0 Å². The van der Waals surface area contributed by atoms with E-state index in [0.29, 0.717) is 30.1 Å². The molecule has 6 heteroatoms. The van der Waals surface area contributed by atoms with E-state index in [-0.39, 0.29) is 11.7 Å². The van der Waals surface area contributed by atoms with Gasteiger partial charge in [0.15, 0.2) is 5.96 Å². The van der Waals surface area contributed by atoms with Crippen molar-refractivity contribution < 1.29 is 9.18 Å². The SMILES string of the molecule is CN=C(NCCCC(C)C)NCCNC(=O)c1ccc(C)c(F)c1.